The normalized spacial score (nSPS) is 16.5. The van der Waals surface area contributed by atoms with E-state index in [1.54, 1.807) is 13.4 Å². The summed E-state index contributed by atoms with van der Waals surface area (Å²) in [5, 5.41) is 0. The lowest BCUT2D eigenvalue weighted by Crippen LogP contribution is -2.49. The van der Waals surface area contributed by atoms with Gasteiger partial charge < -0.3 is 14.5 Å². The minimum Gasteiger partial charge on any atom is -0.496 e. The van der Waals surface area contributed by atoms with Crippen molar-refractivity contribution in [3.63, 3.8) is 0 Å². The molecule has 136 valence electrons. The number of rotatable bonds is 4. The molecule has 1 amide bonds. The fourth-order valence-electron chi connectivity index (χ4n) is 3.91. The molecule has 1 aromatic heterocycles. The monoisotopic (exact) mass is 352 g/mol. The Bertz CT molecular complexity index is 800. The second kappa shape index (κ2) is 7.32. The second-order valence-corrected chi connectivity index (χ2v) is 6.83. The minimum atomic E-state index is 0.155. The maximum Gasteiger partial charge on any atom is 0.227 e. The van der Waals surface area contributed by atoms with Gasteiger partial charge in [0.05, 0.1) is 13.5 Å². The Kier molecular flexibility index (Phi) is 4.73. The van der Waals surface area contributed by atoms with Crippen LogP contribution in [-0.4, -0.2) is 54.1 Å². The molecular weight excluding hydrogens is 328 g/mol. The smallest absolute Gasteiger partial charge is 0.227 e. The zero-order valence-corrected chi connectivity index (χ0v) is 15.1. The molecule has 0 spiro atoms. The third kappa shape index (κ3) is 3.23. The predicted octanol–water partition coefficient (Wildman–Crippen LogP) is 1.87. The number of methoxy groups -OCH3 is 1. The number of para-hydroxylation sites is 1. The minimum absolute atomic E-state index is 0.155. The van der Waals surface area contributed by atoms with E-state index in [4.69, 9.17) is 4.74 Å². The molecule has 6 heteroatoms. The first kappa shape index (κ1) is 16.8. The van der Waals surface area contributed by atoms with Crippen molar-refractivity contribution in [1.29, 1.82) is 0 Å². The molecule has 1 aliphatic heterocycles. The highest BCUT2D eigenvalue weighted by molar-refractivity contribution is 5.79. The van der Waals surface area contributed by atoms with Crippen molar-refractivity contribution in [2.45, 2.75) is 25.7 Å². The van der Waals surface area contributed by atoms with Crippen LogP contribution in [0.2, 0.25) is 0 Å². The third-order valence-electron chi connectivity index (χ3n) is 5.32. The van der Waals surface area contributed by atoms with Crippen molar-refractivity contribution in [2.75, 3.05) is 38.2 Å². The lowest BCUT2D eigenvalue weighted by Gasteiger charge is -2.36. The zero-order chi connectivity index (χ0) is 17.9. The zero-order valence-electron chi connectivity index (χ0n) is 15.1. The van der Waals surface area contributed by atoms with Crippen molar-refractivity contribution >= 4 is 11.7 Å². The number of piperazine rings is 1. The Morgan fingerprint density at radius 1 is 1.12 bits per heavy atom. The van der Waals surface area contributed by atoms with E-state index in [-0.39, 0.29) is 5.91 Å². The van der Waals surface area contributed by atoms with E-state index in [1.807, 2.05) is 29.2 Å². The Hall–Kier alpha value is -2.63. The van der Waals surface area contributed by atoms with Crippen molar-refractivity contribution in [3.8, 4) is 5.75 Å². The van der Waals surface area contributed by atoms with Crippen LogP contribution in [0.3, 0.4) is 0 Å². The molecule has 0 bridgehead atoms. The highest BCUT2D eigenvalue weighted by atomic mass is 16.5. The average molecular weight is 352 g/mol. The molecule has 1 fully saturated rings. The number of carbonyl (C=O) groups is 1. The number of amides is 1. The molecule has 0 N–H and O–H groups in total. The molecule has 0 unspecified atom stereocenters. The van der Waals surface area contributed by atoms with Gasteiger partial charge in [-0.2, -0.15) is 0 Å². The quantitative estimate of drug-likeness (QED) is 0.841. The lowest BCUT2D eigenvalue weighted by atomic mass is 10.1. The lowest BCUT2D eigenvalue weighted by molar-refractivity contribution is -0.130. The Balaban J connectivity index is 1.39. The summed E-state index contributed by atoms with van der Waals surface area (Å²) in [7, 11) is 1.64. The number of aromatic nitrogens is 2. The number of aryl methyl sites for hydroxylation is 1. The van der Waals surface area contributed by atoms with E-state index in [1.165, 1.54) is 17.7 Å². The molecule has 1 aromatic carbocycles. The molecule has 0 saturated carbocycles. The first-order chi connectivity index (χ1) is 12.8. The van der Waals surface area contributed by atoms with Gasteiger partial charge in [0.1, 0.15) is 17.9 Å². The second-order valence-electron chi connectivity index (χ2n) is 6.83. The standard InChI is InChI=1S/C20H24N4O2/c1-26-18-8-3-2-5-15(18)13-19(25)23-9-11-24(12-10-23)20-16-6-4-7-17(16)21-14-22-20/h2-3,5,8,14H,4,6-7,9-13H2,1H3. The van der Waals surface area contributed by atoms with Crippen LogP contribution in [0, 0.1) is 0 Å². The van der Waals surface area contributed by atoms with Gasteiger partial charge in [0.2, 0.25) is 5.91 Å². The van der Waals surface area contributed by atoms with Crippen LogP contribution in [0.25, 0.3) is 0 Å². The van der Waals surface area contributed by atoms with Gasteiger partial charge in [-0.1, -0.05) is 18.2 Å². The number of benzene rings is 1. The number of carbonyl (C=O) groups excluding carboxylic acids is 1. The molecule has 1 aliphatic carbocycles. The molecule has 4 rings (SSSR count). The molecule has 0 radical (unpaired) electrons. The van der Waals surface area contributed by atoms with Gasteiger partial charge in [-0.25, -0.2) is 9.97 Å². The highest BCUT2D eigenvalue weighted by Gasteiger charge is 2.26. The van der Waals surface area contributed by atoms with E-state index in [2.05, 4.69) is 14.9 Å². The van der Waals surface area contributed by atoms with E-state index in [9.17, 15) is 4.79 Å². The Morgan fingerprint density at radius 3 is 2.73 bits per heavy atom. The maximum atomic E-state index is 12.7. The topological polar surface area (TPSA) is 58.6 Å². The maximum absolute atomic E-state index is 12.7. The Morgan fingerprint density at radius 2 is 1.92 bits per heavy atom. The van der Waals surface area contributed by atoms with E-state index in [0.717, 1.165) is 56.2 Å². The summed E-state index contributed by atoms with van der Waals surface area (Å²) in [5.41, 5.74) is 3.45. The first-order valence-electron chi connectivity index (χ1n) is 9.23. The third-order valence-corrected chi connectivity index (χ3v) is 5.32. The fourth-order valence-corrected chi connectivity index (χ4v) is 3.91. The molecule has 6 nitrogen and oxygen atoms in total. The molecule has 1 saturated heterocycles. The number of fused-ring (bicyclic) bond motifs is 1. The number of ether oxygens (including phenoxy) is 1. The predicted molar refractivity (Wildman–Crippen MR) is 99.5 cm³/mol. The van der Waals surface area contributed by atoms with Crippen molar-refractivity contribution in [3.05, 3.63) is 47.4 Å². The van der Waals surface area contributed by atoms with Gasteiger partial charge in [-0.3, -0.25) is 4.79 Å². The number of anilines is 1. The van der Waals surface area contributed by atoms with E-state index >= 15 is 0 Å². The summed E-state index contributed by atoms with van der Waals surface area (Å²) in [6, 6.07) is 7.72. The van der Waals surface area contributed by atoms with Gasteiger partial charge in [0.15, 0.2) is 0 Å². The van der Waals surface area contributed by atoms with Crippen LogP contribution >= 0.6 is 0 Å². The van der Waals surface area contributed by atoms with Crippen molar-refractivity contribution in [2.24, 2.45) is 0 Å². The Labute approximate surface area is 153 Å². The average Bonchev–Trinajstić information content (AvgIpc) is 3.17. The van der Waals surface area contributed by atoms with Crippen LogP contribution in [-0.2, 0) is 24.1 Å². The number of hydrogen-bond acceptors (Lipinski definition) is 5. The van der Waals surface area contributed by atoms with E-state index in [0.29, 0.717) is 6.42 Å². The van der Waals surface area contributed by atoms with Gasteiger partial charge in [0.25, 0.3) is 0 Å². The molecule has 2 aliphatic rings. The summed E-state index contributed by atoms with van der Waals surface area (Å²) >= 11 is 0. The summed E-state index contributed by atoms with van der Waals surface area (Å²) in [5.74, 6) is 2.00. The highest BCUT2D eigenvalue weighted by Crippen LogP contribution is 2.28. The summed E-state index contributed by atoms with van der Waals surface area (Å²) < 4.78 is 5.36. The molecule has 26 heavy (non-hydrogen) atoms. The van der Waals surface area contributed by atoms with Gasteiger partial charge in [-0.05, 0) is 25.3 Å². The van der Waals surface area contributed by atoms with Gasteiger partial charge >= 0.3 is 0 Å². The van der Waals surface area contributed by atoms with Crippen LogP contribution in [0.4, 0.5) is 5.82 Å². The van der Waals surface area contributed by atoms with Crippen LogP contribution in [0.15, 0.2) is 30.6 Å². The SMILES string of the molecule is COc1ccccc1CC(=O)N1CCN(c2ncnc3c2CCC3)CC1. The van der Waals surface area contributed by atoms with Crippen molar-refractivity contribution in [1.82, 2.24) is 14.9 Å². The first-order valence-corrected chi connectivity index (χ1v) is 9.23. The number of hydrogen-bond donors (Lipinski definition) is 0. The summed E-state index contributed by atoms with van der Waals surface area (Å²) in [6.45, 7) is 3.10. The van der Waals surface area contributed by atoms with Gasteiger partial charge in [-0.15, -0.1) is 0 Å². The van der Waals surface area contributed by atoms with Crippen LogP contribution < -0.4 is 9.64 Å². The molecular formula is C20H24N4O2. The van der Waals surface area contributed by atoms with Crippen LogP contribution in [0.1, 0.15) is 23.2 Å². The van der Waals surface area contributed by atoms with Gasteiger partial charge in [0, 0.05) is 43.0 Å². The largest absolute Gasteiger partial charge is 0.496 e. The molecule has 0 atom stereocenters. The van der Waals surface area contributed by atoms with Crippen molar-refractivity contribution < 1.29 is 9.53 Å². The summed E-state index contributed by atoms with van der Waals surface area (Å²) in [4.78, 5) is 25.9. The summed E-state index contributed by atoms with van der Waals surface area (Å²) in [6.07, 6.45) is 5.35. The van der Waals surface area contributed by atoms with E-state index < -0.39 is 0 Å². The molecule has 2 heterocycles. The van der Waals surface area contributed by atoms with Crippen LogP contribution in [0.5, 0.6) is 5.75 Å². The fraction of sp³-hybridized carbons (Fsp3) is 0.450. The number of nitrogens with zero attached hydrogens (tertiary/aromatic N) is 4. The molecule has 2 aromatic rings.